The second-order valence-electron chi connectivity index (χ2n) is 2.71. The number of nitrogens with zero attached hydrogens (tertiary/aromatic N) is 3. The van der Waals surface area contributed by atoms with E-state index >= 15 is 0 Å². The first-order valence-corrected chi connectivity index (χ1v) is 4.82. The molecule has 0 spiro atoms. The van der Waals surface area contributed by atoms with E-state index in [2.05, 4.69) is 14.9 Å². The molecule has 3 amide bonds. The van der Waals surface area contributed by atoms with E-state index in [0.717, 1.165) is 11.5 Å². The highest BCUT2D eigenvalue weighted by Gasteiger charge is 2.35. The van der Waals surface area contributed by atoms with Crippen molar-refractivity contribution >= 4 is 29.5 Å². The minimum absolute atomic E-state index is 0.180. The molecule has 1 aliphatic heterocycles. The number of ether oxygens (including phenoxy) is 1. The van der Waals surface area contributed by atoms with Crippen LogP contribution >= 0.6 is 11.5 Å². The number of amides is 3. The number of hydrogen-bond donors (Lipinski definition) is 2. The van der Waals surface area contributed by atoms with Crippen LogP contribution in [0.3, 0.4) is 0 Å². The Morgan fingerprint density at radius 2 is 2.60 bits per heavy atom. The Morgan fingerprint density at radius 3 is 3.20 bits per heavy atom. The summed E-state index contributed by atoms with van der Waals surface area (Å²) in [4.78, 5) is 23.2. The molecule has 1 atom stereocenters. The van der Waals surface area contributed by atoms with Gasteiger partial charge in [-0.3, -0.25) is 0 Å². The molecule has 1 aliphatic rings. The molecule has 1 unspecified atom stereocenters. The van der Waals surface area contributed by atoms with Gasteiger partial charge in [-0.25, -0.2) is 14.5 Å². The summed E-state index contributed by atoms with van der Waals surface area (Å²) >= 11 is 1.09. The molecule has 8 nitrogen and oxygen atoms in total. The summed E-state index contributed by atoms with van der Waals surface area (Å²) in [5, 5.41) is 7.78. The Morgan fingerprint density at radius 1 is 1.80 bits per heavy atom. The maximum absolute atomic E-state index is 11.4. The van der Waals surface area contributed by atoms with Gasteiger partial charge in [0.2, 0.25) is 6.23 Å². The number of nitrogens with one attached hydrogen (secondary N) is 1. The molecule has 1 fully saturated rings. The number of nitrogens with two attached hydrogens (primary N) is 1. The van der Waals surface area contributed by atoms with E-state index in [4.69, 9.17) is 10.5 Å². The van der Waals surface area contributed by atoms with Gasteiger partial charge in [-0.05, 0) is 11.5 Å². The summed E-state index contributed by atoms with van der Waals surface area (Å²) in [6.07, 6.45) is -1.71. The van der Waals surface area contributed by atoms with Crippen molar-refractivity contribution in [3.05, 3.63) is 5.38 Å². The number of carbonyl (C=O) groups excluding carboxylic acids is 2. The summed E-state index contributed by atoms with van der Waals surface area (Å²) < 4.78 is 8.35. The molecule has 0 aliphatic carbocycles. The third kappa shape index (κ3) is 1.81. The van der Waals surface area contributed by atoms with Crippen molar-refractivity contribution in [1.29, 1.82) is 0 Å². The highest BCUT2D eigenvalue weighted by Crippen LogP contribution is 2.19. The second kappa shape index (κ2) is 3.69. The van der Waals surface area contributed by atoms with E-state index in [1.54, 1.807) is 5.38 Å². The van der Waals surface area contributed by atoms with Gasteiger partial charge in [0.15, 0.2) is 5.82 Å². The number of anilines is 1. The quantitative estimate of drug-likeness (QED) is 0.709. The zero-order chi connectivity index (χ0) is 10.8. The minimum Gasteiger partial charge on any atom is -0.423 e. The number of carbonyl (C=O) groups is 2. The second-order valence-corrected chi connectivity index (χ2v) is 3.32. The van der Waals surface area contributed by atoms with Crippen LogP contribution in [0.1, 0.15) is 0 Å². The first-order valence-electron chi connectivity index (χ1n) is 3.98. The van der Waals surface area contributed by atoms with Crippen LogP contribution in [0.4, 0.5) is 15.4 Å². The predicted molar refractivity (Wildman–Crippen MR) is 50.2 cm³/mol. The first-order chi connectivity index (χ1) is 7.18. The maximum atomic E-state index is 11.4. The van der Waals surface area contributed by atoms with Crippen LogP contribution < -0.4 is 16.0 Å². The van der Waals surface area contributed by atoms with E-state index < -0.39 is 18.4 Å². The molecule has 3 N–H and O–H groups in total. The van der Waals surface area contributed by atoms with E-state index in [0.29, 0.717) is 5.82 Å². The fourth-order valence-electron chi connectivity index (χ4n) is 1.23. The average molecular weight is 229 g/mol. The van der Waals surface area contributed by atoms with Crippen LogP contribution in [0.5, 0.6) is 0 Å². The van der Waals surface area contributed by atoms with Crippen LogP contribution in [-0.4, -0.2) is 34.5 Å². The van der Waals surface area contributed by atoms with Crippen molar-refractivity contribution in [3.63, 3.8) is 0 Å². The lowest BCUT2D eigenvalue weighted by molar-refractivity contribution is 0.118. The van der Waals surface area contributed by atoms with Crippen LogP contribution in [0, 0.1) is 0 Å². The smallest absolute Gasteiger partial charge is 0.406 e. The van der Waals surface area contributed by atoms with Gasteiger partial charge in [0.1, 0.15) is 0 Å². The third-order valence-corrected chi connectivity index (χ3v) is 2.27. The number of urea groups is 1. The van der Waals surface area contributed by atoms with Gasteiger partial charge in [-0.1, -0.05) is 4.49 Å². The number of aromatic nitrogens is 2. The first kappa shape index (κ1) is 9.65. The molecule has 15 heavy (non-hydrogen) atoms. The number of hydrogen-bond acceptors (Lipinski definition) is 6. The van der Waals surface area contributed by atoms with E-state index in [-0.39, 0.29) is 6.54 Å². The standard InChI is InChI=1S/C6H7N5O3S/c7-5(12)14-4-1-8-6(13)11(4)3-2-15-10-9-3/h2,4H,1H2,(H2,7,12)(H,8,13). The highest BCUT2D eigenvalue weighted by molar-refractivity contribution is 7.03. The van der Waals surface area contributed by atoms with Gasteiger partial charge in [0, 0.05) is 0 Å². The summed E-state index contributed by atoms with van der Waals surface area (Å²) in [6.45, 7) is 0.180. The molecule has 1 aromatic heterocycles. The molecule has 80 valence electrons. The van der Waals surface area contributed by atoms with Gasteiger partial charge in [-0.15, -0.1) is 5.10 Å². The van der Waals surface area contributed by atoms with Crippen LogP contribution in [0.2, 0.25) is 0 Å². The SMILES string of the molecule is NC(=O)OC1CNC(=O)N1c1csnn1. The molecule has 2 rings (SSSR count). The van der Waals surface area contributed by atoms with Crippen LogP contribution in [-0.2, 0) is 4.74 Å². The number of primary amides is 1. The third-order valence-electron chi connectivity index (χ3n) is 1.78. The zero-order valence-corrected chi connectivity index (χ0v) is 8.23. The molecule has 0 radical (unpaired) electrons. The Kier molecular flexibility index (Phi) is 2.37. The highest BCUT2D eigenvalue weighted by atomic mass is 32.1. The lowest BCUT2D eigenvalue weighted by Crippen LogP contribution is -2.38. The van der Waals surface area contributed by atoms with Gasteiger partial charge in [-0.2, -0.15) is 0 Å². The van der Waals surface area contributed by atoms with Gasteiger partial charge >= 0.3 is 12.1 Å². The van der Waals surface area contributed by atoms with Gasteiger partial charge in [0.05, 0.1) is 11.9 Å². The molecule has 9 heteroatoms. The fourth-order valence-corrected chi connectivity index (χ4v) is 1.66. The molecule has 1 saturated heterocycles. The molecule has 1 aromatic rings. The lowest BCUT2D eigenvalue weighted by Gasteiger charge is -2.18. The molecule has 0 saturated carbocycles. The summed E-state index contributed by atoms with van der Waals surface area (Å²) in [5.74, 6) is 0.334. The summed E-state index contributed by atoms with van der Waals surface area (Å²) in [5.41, 5.74) is 4.87. The van der Waals surface area contributed by atoms with Crippen molar-refractivity contribution < 1.29 is 14.3 Å². The predicted octanol–water partition coefficient (Wildman–Crippen LogP) is -0.511. The molecular weight excluding hydrogens is 222 g/mol. The van der Waals surface area contributed by atoms with Crippen molar-refractivity contribution in [2.75, 3.05) is 11.4 Å². The summed E-state index contributed by atoms with van der Waals surface area (Å²) in [7, 11) is 0. The molecule has 2 heterocycles. The molecule has 0 bridgehead atoms. The van der Waals surface area contributed by atoms with E-state index in [1.165, 1.54) is 4.90 Å². The Hall–Kier alpha value is -1.90. The Balaban J connectivity index is 2.19. The largest absolute Gasteiger partial charge is 0.423 e. The number of rotatable bonds is 2. The molecule has 0 aromatic carbocycles. The Bertz CT molecular complexity index is 380. The van der Waals surface area contributed by atoms with Crippen LogP contribution in [0.25, 0.3) is 0 Å². The van der Waals surface area contributed by atoms with Crippen molar-refractivity contribution in [2.24, 2.45) is 5.73 Å². The van der Waals surface area contributed by atoms with Crippen molar-refractivity contribution in [2.45, 2.75) is 6.23 Å². The van der Waals surface area contributed by atoms with E-state index in [1.807, 2.05) is 0 Å². The fraction of sp³-hybridized carbons (Fsp3) is 0.333. The molecular formula is C6H7N5O3S. The topological polar surface area (TPSA) is 110 Å². The van der Waals surface area contributed by atoms with Crippen molar-refractivity contribution in [3.8, 4) is 0 Å². The summed E-state index contributed by atoms with van der Waals surface area (Å²) in [6, 6.07) is -0.394. The maximum Gasteiger partial charge on any atom is 0.406 e. The minimum atomic E-state index is -0.940. The van der Waals surface area contributed by atoms with Gasteiger partial charge < -0.3 is 15.8 Å². The zero-order valence-electron chi connectivity index (χ0n) is 7.41. The van der Waals surface area contributed by atoms with Crippen molar-refractivity contribution in [1.82, 2.24) is 14.9 Å². The average Bonchev–Trinajstić information content (AvgIpc) is 2.74. The monoisotopic (exact) mass is 229 g/mol. The normalized spacial score (nSPS) is 20.1. The van der Waals surface area contributed by atoms with Crippen LogP contribution in [0.15, 0.2) is 5.38 Å². The Labute approximate surface area is 88.2 Å². The van der Waals surface area contributed by atoms with E-state index in [9.17, 15) is 9.59 Å². The van der Waals surface area contributed by atoms with Gasteiger partial charge in [0.25, 0.3) is 0 Å². The lowest BCUT2D eigenvalue weighted by atomic mass is 10.5.